The maximum absolute atomic E-state index is 11.4. The van der Waals surface area contributed by atoms with Crippen molar-refractivity contribution in [1.82, 2.24) is 0 Å². The average Bonchev–Trinajstić information content (AvgIpc) is 2.43. The number of benzene rings is 1. The van der Waals surface area contributed by atoms with Crippen molar-refractivity contribution in [3.05, 3.63) is 23.8 Å². The molecule has 0 heterocycles. The molecule has 0 aliphatic heterocycles. The highest BCUT2D eigenvalue weighted by Crippen LogP contribution is 2.20. The van der Waals surface area contributed by atoms with Gasteiger partial charge in [0, 0.05) is 19.8 Å². The normalized spacial score (nSPS) is 10.6. The molecular weight excluding hydrogens is 256 g/mol. The van der Waals surface area contributed by atoms with E-state index in [9.17, 15) is 4.79 Å². The first-order chi connectivity index (χ1) is 9.54. The molecule has 0 aliphatic carbocycles. The number of nitrogens with two attached hydrogens (primary N) is 1. The molecule has 20 heavy (non-hydrogen) atoms. The van der Waals surface area contributed by atoms with Gasteiger partial charge in [-0.25, -0.2) is 4.79 Å². The van der Waals surface area contributed by atoms with Crippen LogP contribution in [0.5, 0.6) is 0 Å². The van der Waals surface area contributed by atoms with Gasteiger partial charge >= 0.3 is 5.97 Å². The molecule has 5 heteroatoms. The number of methoxy groups -OCH3 is 1. The number of ether oxygens (including phenoxy) is 2. The van der Waals surface area contributed by atoms with Crippen molar-refractivity contribution in [3.8, 4) is 0 Å². The van der Waals surface area contributed by atoms with E-state index >= 15 is 0 Å². The molecule has 1 aromatic carbocycles. The SMILES string of the molecule is COC(=O)c1ccc(N)c(NCCCOCC(C)C)c1. The Hall–Kier alpha value is -1.75. The third-order valence-corrected chi connectivity index (χ3v) is 2.71. The predicted octanol–water partition coefficient (Wildman–Crippen LogP) is 2.53. The fraction of sp³-hybridized carbons (Fsp3) is 0.533. The molecule has 5 nitrogen and oxygen atoms in total. The van der Waals surface area contributed by atoms with Crippen molar-refractivity contribution < 1.29 is 14.3 Å². The first-order valence-electron chi connectivity index (χ1n) is 6.84. The average molecular weight is 280 g/mol. The van der Waals surface area contributed by atoms with Gasteiger partial charge < -0.3 is 20.5 Å². The van der Waals surface area contributed by atoms with Crippen molar-refractivity contribution in [3.63, 3.8) is 0 Å². The number of rotatable bonds is 8. The molecule has 3 N–H and O–H groups in total. The number of hydrogen-bond acceptors (Lipinski definition) is 5. The highest BCUT2D eigenvalue weighted by Gasteiger charge is 2.08. The minimum Gasteiger partial charge on any atom is -0.465 e. The van der Waals surface area contributed by atoms with Gasteiger partial charge in [0.15, 0.2) is 0 Å². The first-order valence-corrected chi connectivity index (χ1v) is 6.84. The lowest BCUT2D eigenvalue weighted by Crippen LogP contribution is -2.10. The third-order valence-electron chi connectivity index (χ3n) is 2.71. The molecule has 1 aromatic rings. The Morgan fingerprint density at radius 1 is 1.40 bits per heavy atom. The van der Waals surface area contributed by atoms with Crippen LogP contribution >= 0.6 is 0 Å². The minimum absolute atomic E-state index is 0.367. The highest BCUT2D eigenvalue weighted by molar-refractivity contribution is 5.91. The Balaban J connectivity index is 2.41. The standard InChI is InChI=1S/C15H24N2O3/c1-11(2)10-20-8-4-7-17-14-9-12(15(18)19-3)5-6-13(14)16/h5-6,9,11,17H,4,7-8,10,16H2,1-3H3. The first kappa shape index (κ1) is 16.3. The Bertz CT molecular complexity index is 433. The molecule has 0 spiro atoms. The van der Waals surface area contributed by atoms with Crippen molar-refractivity contribution in [2.75, 3.05) is 37.9 Å². The lowest BCUT2D eigenvalue weighted by atomic mass is 10.1. The number of nitrogen functional groups attached to an aromatic ring is 1. The number of esters is 1. The van der Waals surface area contributed by atoms with Gasteiger partial charge in [-0.3, -0.25) is 0 Å². The summed E-state index contributed by atoms with van der Waals surface area (Å²) in [7, 11) is 1.36. The van der Waals surface area contributed by atoms with Crippen LogP contribution in [0.2, 0.25) is 0 Å². The van der Waals surface area contributed by atoms with Crippen LogP contribution in [-0.2, 0) is 9.47 Å². The Morgan fingerprint density at radius 2 is 2.15 bits per heavy atom. The van der Waals surface area contributed by atoms with Crippen molar-refractivity contribution in [2.45, 2.75) is 20.3 Å². The zero-order valence-electron chi connectivity index (χ0n) is 12.4. The summed E-state index contributed by atoms with van der Waals surface area (Å²) in [6, 6.07) is 5.05. The molecule has 0 bridgehead atoms. The van der Waals surface area contributed by atoms with Crippen LogP contribution in [0.15, 0.2) is 18.2 Å². The van der Waals surface area contributed by atoms with E-state index in [4.69, 9.17) is 10.5 Å². The van der Waals surface area contributed by atoms with Gasteiger partial charge in [0.2, 0.25) is 0 Å². The van der Waals surface area contributed by atoms with Crippen LogP contribution in [0.4, 0.5) is 11.4 Å². The molecule has 1 rings (SSSR count). The quantitative estimate of drug-likeness (QED) is 0.435. The van der Waals surface area contributed by atoms with Gasteiger partial charge in [0.05, 0.1) is 24.0 Å². The second-order valence-corrected chi connectivity index (χ2v) is 5.04. The third kappa shape index (κ3) is 5.48. The number of nitrogens with one attached hydrogen (secondary N) is 1. The van der Waals surface area contributed by atoms with E-state index < -0.39 is 0 Å². The largest absolute Gasteiger partial charge is 0.465 e. The van der Waals surface area contributed by atoms with E-state index in [0.29, 0.717) is 23.8 Å². The Labute approximate surface area is 120 Å². The lowest BCUT2D eigenvalue weighted by molar-refractivity contribution is 0.0601. The van der Waals surface area contributed by atoms with Crippen LogP contribution in [0.3, 0.4) is 0 Å². The van der Waals surface area contributed by atoms with Crippen LogP contribution < -0.4 is 11.1 Å². The molecular formula is C15H24N2O3. The van der Waals surface area contributed by atoms with Gasteiger partial charge in [0.1, 0.15) is 0 Å². The van der Waals surface area contributed by atoms with Crippen LogP contribution in [-0.4, -0.2) is 32.8 Å². The smallest absolute Gasteiger partial charge is 0.337 e. The van der Waals surface area contributed by atoms with E-state index in [0.717, 1.165) is 25.3 Å². The van der Waals surface area contributed by atoms with Crippen LogP contribution in [0.25, 0.3) is 0 Å². The summed E-state index contributed by atoms with van der Waals surface area (Å²) < 4.78 is 10.2. The second-order valence-electron chi connectivity index (χ2n) is 5.04. The van der Waals surface area contributed by atoms with Gasteiger partial charge in [-0.15, -0.1) is 0 Å². The summed E-state index contributed by atoms with van der Waals surface area (Å²) in [6.07, 6.45) is 0.884. The van der Waals surface area contributed by atoms with Gasteiger partial charge in [-0.1, -0.05) is 13.8 Å². The van der Waals surface area contributed by atoms with Crippen LogP contribution in [0.1, 0.15) is 30.6 Å². The van der Waals surface area contributed by atoms with Crippen molar-refractivity contribution in [2.24, 2.45) is 5.92 Å². The second kappa shape index (κ2) is 8.43. The maximum atomic E-state index is 11.4. The number of carbonyl (C=O) groups excluding carboxylic acids is 1. The molecule has 0 amide bonds. The summed E-state index contributed by atoms with van der Waals surface area (Å²) in [6.45, 7) is 6.48. The molecule has 0 saturated heterocycles. The molecule has 0 radical (unpaired) electrons. The fourth-order valence-electron chi connectivity index (χ4n) is 1.67. The Kier molecular flexibility index (Phi) is 6.87. The summed E-state index contributed by atoms with van der Waals surface area (Å²) in [5, 5.41) is 3.21. The van der Waals surface area contributed by atoms with E-state index in [-0.39, 0.29) is 5.97 Å². The zero-order valence-corrected chi connectivity index (χ0v) is 12.4. The van der Waals surface area contributed by atoms with Gasteiger partial charge in [-0.05, 0) is 30.5 Å². The molecule has 0 aliphatic rings. The fourth-order valence-corrected chi connectivity index (χ4v) is 1.67. The topological polar surface area (TPSA) is 73.6 Å². The molecule has 0 aromatic heterocycles. The van der Waals surface area contributed by atoms with Crippen molar-refractivity contribution >= 4 is 17.3 Å². The van der Waals surface area contributed by atoms with Gasteiger partial charge in [0.25, 0.3) is 0 Å². The Morgan fingerprint density at radius 3 is 2.80 bits per heavy atom. The predicted molar refractivity (Wildman–Crippen MR) is 81.0 cm³/mol. The summed E-state index contributed by atoms with van der Waals surface area (Å²) in [5.41, 5.74) is 7.71. The lowest BCUT2D eigenvalue weighted by Gasteiger charge is -2.11. The molecule has 0 unspecified atom stereocenters. The molecule has 0 fully saturated rings. The summed E-state index contributed by atoms with van der Waals surface area (Å²) in [5.74, 6) is 0.184. The molecule has 0 saturated carbocycles. The monoisotopic (exact) mass is 280 g/mol. The number of anilines is 2. The van der Waals surface area contributed by atoms with Crippen LogP contribution in [0, 0.1) is 5.92 Å². The molecule has 112 valence electrons. The summed E-state index contributed by atoms with van der Waals surface area (Å²) >= 11 is 0. The van der Waals surface area contributed by atoms with E-state index in [1.165, 1.54) is 7.11 Å². The van der Waals surface area contributed by atoms with Crippen molar-refractivity contribution in [1.29, 1.82) is 0 Å². The highest BCUT2D eigenvalue weighted by atomic mass is 16.5. The van der Waals surface area contributed by atoms with E-state index in [2.05, 4.69) is 23.9 Å². The van der Waals surface area contributed by atoms with E-state index in [1.807, 2.05) is 0 Å². The number of carbonyl (C=O) groups is 1. The number of hydrogen-bond donors (Lipinski definition) is 2. The zero-order chi connectivity index (χ0) is 15.0. The van der Waals surface area contributed by atoms with E-state index in [1.54, 1.807) is 18.2 Å². The molecule has 0 atom stereocenters. The summed E-state index contributed by atoms with van der Waals surface area (Å²) in [4.78, 5) is 11.4. The van der Waals surface area contributed by atoms with Gasteiger partial charge in [-0.2, -0.15) is 0 Å². The maximum Gasteiger partial charge on any atom is 0.337 e. The minimum atomic E-state index is -0.367.